The van der Waals surface area contributed by atoms with Crippen molar-refractivity contribution in [2.24, 2.45) is 0 Å². The highest BCUT2D eigenvalue weighted by atomic mass is 16.5. The Labute approximate surface area is 93.3 Å². The van der Waals surface area contributed by atoms with Gasteiger partial charge in [-0.25, -0.2) is 0 Å². The molecule has 0 aliphatic carbocycles. The van der Waals surface area contributed by atoms with Crippen LogP contribution >= 0.6 is 0 Å². The molecule has 1 aromatic heterocycles. The smallest absolute Gasteiger partial charge is 0.250 e. The fraction of sp³-hybridized carbons (Fsp3) is 0.167. The van der Waals surface area contributed by atoms with Gasteiger partial charge in [0.2, 0.25) is 5.91 Å². The molecule has 4 heteroatoms. The third-order valence-electron chi connectivity index (χ3n) is 2.20. The number of amides is 1. The first-order valence-corrected chi connectivity index (χ1v) is 4.92. The Hall–Kier alpha value is -1.94. The van der Waals surface area contributed by atoms with Gasteiger partial charge in [0.05, 0.1) is 0 Å². The Morgan fingerprint density at radius 1 is 1.38 bits per heavy atom. The molecule has 0 saturated heterocycles. The Balaban J connectivity index is 2.22. The predicted molar refractivity (Wildman–Crippen MR) is 62.2 cm³/mol. The maximum absolute atomic E-state index is 11.3. The zero-order valence-electron chi connectivity index (χ0n) is 8.93. The summed E-state index contributed by atoms with van der Waals surface area (Å²) in [6, 6.07) is 7.58. The third-order valence-corrected chi connectivity index (χ3v) is 2.20. The van der Waals surface area contributed by atoms with Gasteiger partial charge in [0.1, 0.15) is 6.61 Å². The predicted octanol–water partition coefficient (Wildman–Crippen LogP) is 1.82. The number of fused-ring (bicyclic) bond motifs is 1. The number of methoxy groups -OCH3 is 1. The van der Waals surface area contributed by atoms with E-state index >= 15 is 0 Å². The molecule has 82 valence electrons. The van der Waals surface area contributed by atoms with E-state index in [2.05, 4.69) is 10.3 Å². The van der Waals surface area contributed by atoms with Gasteiger partial charge in [-0.3, -0.25) is 9.78 Å². The Bertz CT molecular complexity index is 511. The standard InChI is InChI=1S/C12H12N2O2/c1-16-8-12(15)14-11-3-2-10-7-13-5-4-9(10)6-11/h2-7H,8H2,1H3,(H,14,15). The molecule has 1 N–H and O–H groups in total. The third kappa shape index (κ3) is 2.35. The van der Waals surface area contributed by atoms with E-state index in [4.69, 9.17) is 4.74 Å². The van der Waals surface area contributed by atoms with Crippen molar-refractivity contribution >= 4 is 22.4 Å². The number of pyridine rings is 1. The molecule has 0 radical (unpaired) electrons. The molecule has 0 bridgehead atoms. The van der Waals surface area contributed by atoms with Gasteiger partial charge in [-0.2, -0.15) is 0 Å². The molecule has 2 rings (SSSR count). The molecule has 0 saturated carbocycles. The second kappa shape index (κ2) is 4.72. The number of nitrogens with zero attached hydrogens (tertiary/aromatic N) is 1. The lowest BCUT2D eigenvalue weighted by Crippen LogP contribution is -2.16. The van der Waals surface area contributed by atoms with Crippen LogP contribution in [0.2, 0.25) is 0 Å². The van der Waals surface area contributed by atoms with Crippen molar-refractivity contribution in [1.82, 2.24) is 4.98 Å². The van der Waals surface area contributed by atoms with E-state index in [1.807, 2.05) is 24.3 Å². The number of nitrogens with one attached hydrogen (secondary N) is 1. The van der Waals surface area contributed by atoms with Gasteiger partial charge in [0.25, 0.3) is 0 Å². The lowest BCUT2D eigenvalue weighted by atomic mass is 10.1. The first-order valence-electron chi connectivity index (χ1n) is 4.92. The first kappa shape index (κ1) is 10.6. The fourth-order valence-corrected chi connectivity index (χ4v) is 1.49. The molecule has 4 nitrogen and oxygen atoms in total. The van der Waals surface area contributed by atoms with Crippen molar-refractivity contribution in [1.29, 1.82) is 0 Å². The molecule has 2 aromatic rings. The fourth-order valence-electron chi connectivity index (χ4n) is 1.49. The topological polar surface area (TPSA) is 51.2 Å². The molecular weight excluding hydrogens is 204 g/mol. The van der Waals surface area contributed by atoms with E-state index in [9.17, 15) is 4.79 Å². The summed E-state index contributed by atoms with van der Waals surface area (Å²) in [6.45, 7) is 0.0639. The number of benzene rings is 1. The average Bonchev–Trinajstić information content (AvgIpc) is 2.29. The second-order valence-electron chi connectivity index (χ2n) is 3.42. The van der Waals surface area contributed by atoms with Crippen LogP contribution in [0.1, 0.15) is 0 Å². The minimum absolute atomic E-state index is 0.0639. The first-order chi connectivity index (χ1) is 7.79. The molecule has 0 fully saturated rings. The minimum Gasteiger partial charge on any atom is -0.375 e. The molecule has 0 spiro atoms. The highest BCUT2D eigenvalue weighted by Gasteiger charge is 2.01. The summed E-state index contributed by atoms with van der Waals surface area (Å²) in [5.41, 5.74) is 0.765. The molecule has 1 amide bonds. The van der Waals surface area contributed by atoms with Gasteiger partial charge < -0.3 is 10.1 Å². The van der Waals surface area contributed by atoms with Gasteiger partial charge in [-0.1, -0.05) is 6.07 Å². The lowest BCUT2D eigenvalue weighted by molar-refractivity contribution is -0.119. The number of aromatic nitrogens is 1. The molecule has 1 aromatic carbocycles. The van der Waals surface area contributed by atoms with Gasteiger partial charge in [-0.15, -0.1) is 0 Å². The van der Waals surface area contributed by atoms with E-state index < -0.39 is 0 Å². The summed E-state index contributed by atoms with van der Waals surface area (Å²) in [7, 11) is 1.49. The number of hydrogen-bond donors (Lipinski definition) is 1. The molecule has 0 aliphatic heterocycles. The van der Waals surface area contributed by atoms with Crippen LogP contribution in [0.5, 0.6) is 0 Å². The maximum Gasteiger partial charge on any atom is 0.250 e. The van der Waals surface area contributed by atoms with Crippen LogP contribution in [0.15, 0.2) is 36.7 Å². The summed E-state index contributed by atoms with van der Waals surface area (Å²) < 4.78 is 4.74. The van der Waals surface area contributed by atoms with Gasteiger partial charge in [0, 0.05) is 30.6 Å². The normalized spacial score (nSPS) is 10.3. The number of hydrogen-bond acceptors (Lipinski definition) is 3. The summed E-state index contributed by atoms with van der Waals surface area (Å²) >= 11 is 0. The van der Waals surface area contributed by atoms with Crippen molar-refractivity contribution < 1.29 is 9.53 Å². The Morgan fingerprint density at radius 2 is 2.25 bits per heavy atom. The van der Waals surface area contributed by atoms with Crippen LogP contribution in [0.4, 0.5) is 5.69 Å². The van der Waals surface area contributed by atoms with Crippen LogP contribution in [-0.4, -0.2) is 24.6 Å². The van der Waals surface area contributed by atoms with E-state index in [1.165, 1.54) is 7.11 Å². The van der Waals surface area contributed by atoms with Crippen LogP contribution in [0, 0.1) is 0 Å². The van der Waals surface area contributed by atoms with E-state index in [1.54, 1.807) is 12.4 Å². The van der Waals surface area contributed by atoms with Crippen LogP contribution in [0.3, 0.4) is 0 Å². The highest BCUT2D eigenvalue weighted by molar-refractivity contribution is 5.94. The summed E-state index contributed by atoms with van der Waals surface area (Å²) in [5.74, 6) is -0.157. The van der Waals surface area contributed by atoms with Crippen LogP contribution in [0.25, 0.3) is 10.8 Å². The highest BCUT2D eigenvalue weighted by Crippen LogP contribution is 2.17. The van der Waals surface area contributed by atoms with Crippen molar-refractivity contribution in [3.8, 4) is 0 Å². The van der Waals surface area contributed by atoms with E-state index in [0.717, 1.165) is 16.5 Å². The molecule has 0 atom stereocenters. The maximum atomic E-state index is 11.3. The average molecular weight is 216 g/mol. The minimum atomic E-state index is -0.157. The largest absolute Gasteiger partial charge is 0.375 e. The number of carbonyl (C=O) groups excluding carboxylic acids is 1. The van der Waals surface area contributed by atoms with Gasteiger partial charge in [0.15, 0.2) is 0 Å². The van der Waals surface area contributed by atoms with E-state index in [0.29, 0.717) is 0 Å². The molecule has 16 heavy (non-hydrogen) atoms. The zero-order valence-corrected chi connectivity index (χ0v) is 8.93. The lowest BCUT2D eigenvalue weighted by Gasteiger charge is -2.05. The molecular formula is C12H12N2O2. The van der Waals surface area contributed by atoms with Crippen molar-refractivity contribution in [2.75, 3.05) is 19.0 Å². The van der Waals surface area contributed by atoms with Crippen molar-refractivity contribution in [2.45, 2.75) is 0 Å². The SMILES string of the molecule is COCC(=O)Nc1ccc2cnccc2c1. The Kier molecular flexibility index (Phi) is 3.12. The van der Waals surface area contributed by atoms with Crippen LogP contribution < -0.4 is 5.32 Å². The van der Waals surface area contributed by atoms with Gasteiger partial charge >= 0.3 is 0 Å². The summed E-state index contributed by atoms with van der Waals surface area (Å²) in [6.07, 6.45) is 3.51. The summed E-state index contributed by atoms with van der Waals surface area (Å²) in [5, 5.41) is 4.85. The number of rotatable bonds is 3. The summed E-state index contributed by atoms with van der Waals surface area (Å²) in [4.78, 5) is 15.3. The molecule has 0 unspecified atom stereocenters. The van der Waals surface area contributed by atoms with Gasteiger partial charge in [-0.05, 0) is 23.6 Å². The number of ether oxygens (including phenoxy) is 1. The van der Waals surface area contributed by atoms with Crippen molar-refractivity contribution in [3.05, 3.63) is 36.7 Å². The quantitative estimate of drug-likeness (QED) is 0.851. The monoisotopic (exact) mass is 216 g/mol. The van der Waals surface area contributed by atoms with E-state index in [-0.39, 0.29) is 12.5 Å². The molecule has 0 aliphatic rings. The second-order valence-corrected chi connectivity index (χ2v) is 3.42. The number of anilines is 1. The zero-order chi connectivity index (χ0) is 11.4. The Morgan fingerprint density at radius 3 is 3.06 bits per heavy atom. The van der Waals surface area contributed by atoms with Crippen LogP contribution in [-0.2, 0) is 9.53 Å². The van der Waals surface area contributed by atoms with Crippen molar-refractivity contribution in [3.63, 3.8) is 0 Å². The molecule has 1 heterocycles. The number of carbonyl (C=O) groups is 1.